The van der Waals surface area contributed by atoms with Gasteiger partial charge in [0.15, 0.2) is 5.75 Å². The number of nitrogens with one attached hydrogen (secondary N) is 1. The fourth-order valence-corrected chi connectivity index (χ4v) is 3.99. The predicted molar refractivity (Wildman–Crippen MR) is 112 cm³/mol. The molecule has 4 aromatic rings. The van der Waals surface area contributed by atoms with Gasteiger partial charge in [-0.2, -0.15) is 5.10 Å². The highest BCUT2D eigenvalue weighted by molar-refractivity contribution is 6.01. The molecule has 0 bridgehead atoms. The first-order valence-corrected chi connectivity index (χ1v) is 11.4. The summed E-state index contributed by atoms with van der Waals surface area (Å²) in [6, 6.07) is 7.50. The molecule has 0 amide bonds. The van der Waals surface area contributed by atoms with Gasteiger partial charge in [0.1, 0.15) is 17.0 Å². The van der Waals surface area contributed by atoms with Crippen LogP contribution < -0.4 is 32.2 Å². The van der Waals surface area contributed by atoms with Crippen molar-refractivity contribution < 1.29 is 37.2 Å². The van der Waals surface area contributed by atoms with Gasteiger partial charge in [0, 0.05) is 42.6 Å². The number of alkyl halides is 1. The fraction of sp³-hybridized carbons (Fsp3) is 0.238. The topological polar surface area (TPSA) is 109 Å². The lowest BCUT2D eigenvalue weighted by Crippen LogP contribution is -3.36. The third-order valence-corrected chi connectivity index (χ3v) is 5.48. The molecule has 9 nitrogen and oxygen atoms in total. The predicted octanol–water partition coefficient (Wildman–Crippen LogP) is -0.754. The van der Waals surface area contributed by atoms with Crippen molar-refractivity contribution in [2.24, 2.45) is 0 Å². The van der Waals surface area contributed by atoms with Crippen molar-refractivity contribution in [1.29, 1.82) is 0 Å². The molecule has 1 fully saturated rings. The lowest BCUT2D eigenvalue weighted by atomic mass is 10.0. The van der Waals surface area contributed by atoms with E-state index in [1.54, 1.807) is 47.2 Å². The molecule has 1 saturated heterocycles. The summed E-state index contributed by atoms with van der Waals surface area (Å²) in [5, 5.41) is 18.4. The number of fused-ring (bicyclic) bond motifs is 1. The molecular formula is C21H20IN6O3+. The molecule has 0 radical (unpaired) electrons. The van der Waals surface area contributed by atoms with E-state index in [1.807, 2.05) is 18.2 Å². The average molecular weight is 531 g/mol. The normalized spacial score (nSPS) is 14.2. The van der Waals surface area contributed by atoms with E-state index in [0.717, 1.165) is 52.3 Å². The first-order chi connectivity index (χ1) is 15.2. The minimum absolute atomic E-state index is 0.00168. The fourth-order valence-electron chi connectivity index (χ4n) is 3.67. The number of H-pyrrole nitrogens is 1. The monoisotopic (exact) mass is 531 g/mol. The van der Waals surface area contributed by atoms with E-state index in [1.165, 1.54) is 0 Å². The van der Waals surface area contributed by atoms with Crippen molar-refractivity contribution in [1.82, 2.24) is 25.1 Å². The number of nitrogens with zero attached hydrogens (tertiary/aromatic N) is 5. The number of halogens is 1. The van der Waals surface area contributed by atoms with Crippen LogP contribution in [0.25, 0.3) is 33.4 Å². The van der Waals surface area contributed by atoms with Gasteiger partial charge in [-0.05, 0) is 29.8 Å². The molecule has 0 saturated carbocycles. The molecule has 31 heavy (non-hydrogen) atoms. The summed E-state index contributed by atoms with van der Waals surface area (Å²) in [4.78, 5) is 16.0. The molecule has 0 aliphatic carbocycles. The quantitative estimate of drug-likeness (QED) is 0.256. The summed E-state index contributed by atoms with van der Waals surface area (Å²) in [5.74, 6) is 1.05. The van der Waals surface area contributed by atoms with Crippen LogP contribution in [0.5, 0.6) is 11.6 Å². The number of hydrogen-bond donors (Lipinski definition) is 2. The molecule has 2 N–H and O–H groups in total. The number of aromatic hydroxyl groups is 1. The highest BCUT2D eigenvalue weighted by Crippen LogP contribution is 2.37. The van der Waals surface area contributed by atoms with Gasteiger partial charge in [-0.15, -0.1) is 0 Å². The maximum Gasteiger partial charge on any atom is 0.297 e. The zero-order valence-corrected chi connectivity index (χ0v) is 18.8. The van der Waals surface area contributed by atoms with E-state index in [2.05, 4.69) is 25.1 Å². The van der Waals surface area contributed by atoms with E-state index >= 15 is 0 Å². The first-order valence-electron chi connectivity index (χ1n) is 9.77. The molecule has 10 heteroatoms. The summed E-state index contributed by atoms with van der Waals surface area (Å²) in [5.41, 5.74) is 3.93. The molecule has 0 atom stereocenters. The number of morpholine rings is 1. The van der Waals surface area contributed by atoms with Crippen molar-refractivity contribution in [2.45, 2.75) is 0 Å². The molecule has 5 rings (SSSR count). The third kappa shape index (κ3) is 3.88. The molecule has 1 aliphatic heterocycles. The van der Waals surface area contributed by atoms with Crippen molar-refractivity contribution in [3.63, 3.8) is 0 Å². The Morgan fingerprint density at radius 3 is 2.77 bits per heavy atom. The van der Waals surface area contributed by atoms with Gasteiger partial charge in [0.2, 0.25) is 0 Å². The second-order valence-electron chi connectivity index (χ2n) is 6.96. The van der Waals surface area contributed by atoms with Gasteiger partial charge in [-0.25, -0.2) is 9.97 Å². The van der Waals surface area contributed by atoms with E-state index < -0.39 is 0 Å². The number of pyridine rings is 3. The second kappa shape index (κ2) is 8.63. The Kier molecular flexibility index (Phi) is 5.55. The Morgan fingerprint density at radius 2 is 2.03 bits per heavy atom. The van der Waals surface area contributed by atoms with Crippen molar-refractivity contribution in [3.8, 4) is 34.1 Å². The number of anilines is 1. The van der Waals surface area contributed by atoms with Crippen molar-refractivity contribution >= 4 is 16.7 Å². The molecule has 158 valence electrons. The van der Waals surface area contributed by atoms with E-state index in [0.29, 0.717) is 17.8 Å². The molecule has 0 aromatic carbocycles. The summed E-state index contributed by atoms with van der Waals surface area (Å²) >= 11 is 1.78. The van der Waals surface area contributed by atoms with Crippen LogP contribution in [0.1, 0.15) is 0 Å². The molecule has 5 heterocycles. The Hall–Kier alpha value is -2.99. The molecule has 0 unspecified atom stereocenters. The highest BCUT2D eigenvalue weighted by atomic mass is 127. The Bertz CT molecular complexity index is 1210. The molecule has 4 aromatic heterocycles. The van der Waals surface area contributed by atoms with Crippen LogP contribution in [0, 0.1) is 0 Å². The summed E-state index contributed by atoms with van der Waals surface area (Å²) in [6.45, 7) is 2.82. The van der Waals surface area contributed by atoms with Crippen LogP contribution in [0.15, 0.2) is 42.9 Å². The lowest BCUT2D eigenvalue weighted by molar-refractivity contribution is -0.413. The van der Waals surface area contributed by atoms with E-state index in [9.17, 15) is 5.11 Å². The molecule has 0 spiro atoms. The zero-order valence-electron chi connectivity index (χ0n) is 16.5. The second-order valence-corrected chi connectivity index (χ2v) is 7.64. The number of ether oxygens (including phenoxy) is 2. The largest absolute Gasteiger partial charge is 0.503 e. The summed E-state index contributed by atoms with van der Waals surface area (Å²) in [7, 11) is 0. The van der Waals surface area contributed by atoms with Gasteiger partial charge in [0.05, 0.1) is 18.9 Å². The van der Waals surface area contributed by atoms with Crippen LogP contribution in [-0.2, 0) is 4.74 Å². The van der Waals surface area contributed by atoms with Crippen LogP contribution in [-0.4, -0.2) is 61.2 Å². The Labute approximate surface area is 191 Å². The number of hydrogen-bond acceptors (Lipinski definition) is 8. The average Bonchev–Trinajstić information content (AvgIpc) is 3.35. The SMILES string of the molecule is Oc1cc(-c2cc(N3CCOCC3)nc3c(-c4ccn[nH]4)nccc23)cnc1OC[IH+]. The van der Waals surface area contributed by atoms with Crippen LogP contribution in [0.3, 0.4) is 0 Å². The summed E-state index contributed by atoms with van der Waals surface area (Å²) < 4.78 is 11.3. The minimum atomic E-state index is 0.00168. The third-order valence-electron chi connectivity index (χ3n) is 5.14. The van der Waals surface area contributed by atoms with E-state index in [-0.39, 0.29) is 11.6 Å². The zero-order chi connectivity index (χ0) is 21.2. The van der Waals surface area contributed by atoms with Crippen molar-refractivity contribution in [3.05, 3.63) is 42.9 Å². The summed E-state index contributed by atoms with van der Waals surface area (Å²) in [6.07, 6.45) is 5.15. The maximum atomic E-state index is 10.4. The van der Waals surface area contributed by atoms with Gasteiger partial charge in [0.25, 0.3) is 33.1 Å². The minimum Gasteiger partial charge on any atom is -0.503 e. The standard InChI is InChI=1S/C21H19IN6O3/c22-12-31-21-17(29)9-13(11-24-21)15-10-18(28-5-7-30-8-6-28)26-19-14(15)1-3-23-20(19)16-2-4-25-27-16/h1-4,9-11,22H,5-8,12H2,(H-,23,25,27,29)/p+1. The van der Waals surface area contributed by atoms with Gasteiger partial charge in [-0.1, -0.05) is 0 Å². The number of rotatable bonds is 5. The van der Waals surface area contributed by atoms with E-state index in [4.69, 9.17) is 14.5 Å². The van der Waals surface area contributed by atoms with Gasteiger partial charge in [-0.3, -0.25) is 10.1 Å². The smallest absolute Gasteiger partial charge is 0.297 e. The van der Waals surface area contributed by atoms with Gasteiger partial charge >= 0.3 is 0 Å². The van der Waals surface area contributed by atoms with Gasteiger partial charge < -0.3 is 19.5 Å². The Morgan fingerprint density at radius 1 is 1.16 bits per heavy atom. The van der Waals surface area contributed by atoms with Crippen LogP contribution in [0.4, 0.5) is 5.82 Å². The van der Waals surface area contributed by atoms with Crippen LogP contribution in [0.2, 0.25) is 0 Å². The molecular weight excluding hydrogens is 511 g/mol. The number of aromatic amines is 1. The van der Waals surface area contributed by atoms with Crippen molar-refractivity contribution in [2.75, 3.05) is 35.8 Å². The molecule has 1 aliphatic rings. The number of aromatic nitrogens is 5. The maximum absolute atomic E-state index is 10.4. The first kappa shape index (κ1) is 19.9. The highest BCUT2D eigenvalue weighted by Gasteiger charge is 2.19. The van der Waals surface area contributed by atoms with Crippen LogP contribution >= 0.6 is 0 Å². The lowest BCUT2D eigenvalue weighted by Gasteiger charge is -2.28. The Balaban J connectivity index is 1.73.